The molecule has 8 heteroatoms. The van der Waals surface area contributed by atoms with Crippen molar-refractivity contribution < 1.29 is 28.6 Å². The van der Waals surface area contributed by atoms with Crippen molar-refractivity contribution in [3.05, 3.63) is 58.5 Å². The maximum Gasteiger partial charge on any atom is 0.343 e. The van der Waals surface area contributed by atoms with E-state index in [9.17, 15) is 14.4 Å². The molecule has 2 aromatic carbocycles. The number of thioether (sulfide) groups is 1. The van der Waals surface area contributed by atoms with Crippen LogP contribution in [0.2, 0.25) is 0 Å². The first-order valence-corrected chi connectivity index (χ1v) is 8.61. The molecule has 3 rings (SSSR count). The number of amides is 2. The number of benzene rings is 2. The molecule has 0 aliphatic carbocycles. The zero-order valence-electron chi connectivity index (χ0n) is 14.5. The molecule has 0 unspecified atom stereocenters. The molecule has 0 saturated carbocycles. The van der Waals surface area contributed by atoms with Crippen LogP contribution in [0.5, 0.6) is 17.2 Å². The van der Waals surface area contributed by atoms with Crippen molar-refractivity contribution in [1.82, 2.24) is 5.32 Å². The Morgan fingerprint density at radius 3 is 2.33 bits per heavy atom. The van der Waals surface area contributed by atoms with Crippen molar-refractivity contribution in [1.29, 1.82) is 0 Å². The number of hydrogen-bond donors (Lipinski definition) is 1. The van der Waals surface area contributed by atoms with Gasteiger partial charge < -0.3 is 14.2 Å². The fourth-order valence-electron chi connectivity index (χ4n) is 2.32. The van der Waals surface area contributed by atoms with Crippen LogP contribution in [0.3, 0.4) is 0 Å². The summed E-state index contributed by atoms with van der Waals surface area (Å²) >= 11 is 0.822. The second-order valence-corrected chi connectivity index (χ2v) is 6.40. The van der Waals surface area contributed by atoms with Crippen LogP contribution in [-0.4, -0.2) is 31.3 Å². The highest BCUT2D eigenvalue weighted by Gasteiger charge is 2.25. The lowest BCUT2D eigenvalue weighted by Gasteiger charge is -2.10. The molecule has 1 fully saturated rings. The van der Waals surface area contributed by atoms with E-state index in [0.29, 0.717) is 22.6 Å². The Labute approximate surface area is 159 Å². The summed E-state index contributed by atoms with van der Waals surface area (Å²) < 4.78 is 15.7. The second-order valence-electron chi connectivity index (χ2n) is 5.38. The van der Waals surface area contributed by atoms with E-state index in [1.165, 1.54) is 7.11 Å². The van der Waals surface area contributed by atoms with E-state index in [-0.39, 0.29) is 10.7 Å². The lowest BCUT2D eigenvalue weighted by Crippen LogP contribution is -2.17. The lowest BCUT2D eigenvalue weighted by atomic mass is 10.1. The zero-order valence-corrected chi connectivity index (χ0v) is 15.3. The molecule has 0 bridgehead atoms. The Morgan fingerprint density at radius 1 is 1.00 bits per heavy atom. The first-order valence-electron chi connectivity index (χ1n) is 7.79. The second kappa shape index (κ2) is 7.96. The fraction of sp³-hybridized carbons (Fsp3) is 0.105. The minimum Gasteiger partial charge on any atom is -0.497 e. The van der Waals surface area contributed by atoms with Crippen LogP contribution < -0.4 is 19.5 Å². The average Bonchev–Trinajstić information content (AvgIpc) is 2.99. The molecule has 0 atom stereocenters. The third-order valence-electron chi connectivity index (χ3n) is 3.66. The fourth-order valence-corrected chi connectivity index (χ4v) is 3.00. The van der Waals surface area contributed by atoms with Crippen LogP contribution in [-0.2, 0) is 4.79 Å². The molecule has 1 aliphatic rings. The first-order chi connectivity index (χ1) is 13.0. The van der Waals surface area contributed by atoms with Crippen molar-refractivity contribution in [2.45, 2.75) is 0 Å². The van der Waals surface area contributed by atoms with E-state index < -0.39 is 17.1 Å². The maximum atomic E-state index is 12.3. The molecule has 138 valence electrons. The van der Waals surface area contributed by atoms with Crippen molar-refractivity contribution in [3.8, 4) is 17.2 Å². The topological polar surface area (TPSA) is 90.9 Å². The largest absolute Gasteiger partial charge is 0.497 e. The zero-order chi connectivity index (χ0) is 19.4. The number of imide groups is 1. The minimum atomic E-state index is -0.543. The SMILES string of the molecule is COc1ccc(C(=O)Oc2ccc(/C=C3\SC(=O)NC3=O)cc2OC)cc1. The quantitative estimate of drug-likeness (QED) is 0.480. The van der Waals surface area contributed by atoms with E-state index >= 15 is 0 Å². The average molecular weight is 385 g/mol. The number of carbonyl (C=O) groups excluding carboxylic acids is 3. The van der Waals surface area contributed by atoms with Gasteiger partial charge in [-0.25, -0.2) is 4.79 Å². The first kappa shape index (κ1) is 18.5. The van der Waals surface area contributed by atoms with E-state index in [1.807, 2.05) is 0 Å². The van der Waals surface area contributed by atoms with E-state index in [0.717, 1.165) is 11.8 Å². The summed E-state index contributed by atoms with van der Waals surface area (Å²) in [6, 6.07) is 11.3. The van der Waals surface area contributed by atoms with Crippen molar-refractivity contribution in [2.24, 2.45) is 0 Å². The van der Waals surface area contributed by atoms with Crippen molar-refractivity contribution in [3.63, 3.8) is 0 Å². The molecule has 27 heavy (non-hydrogen) atoms. The van der Waals surface area contributed by atoms with Gasteiger partial charge >= 0.3 is 5.97 Å². The Morgan fingerprint density at radius 2 is 1.74 bits per heavy atom. The number of hydrogen-bond acceptors (Lipinski definition) is 7. The van der Waals surface area contributed by atoms with Crippen LogP contribution in [0, 0.1) is 0 Å². The van der Waals surface area contributed by atoms with Gasteiger partial charge in [0.25, 0.3) is 11.1 Å². The van der Waals surface area contributed by atoms with Crippen molar-refractivity contribution >= 4 is 35.0 Å². The van der Waals surface area contributed by atoms with E-state index in [1.54, 1.807) is 55.7 Å². The maximum absolute atomic E-state index is 12.3. The molecular weight excluding hydrogens is 370 g/mol. The molecule has 1 saturated heterocycles. The van der Waals surface area contributed by atoms with E-state index in [4.69, 9.17) is 14.2 Å². The van der Waals surface area contributed by atoms with Crippen LogP contribution in [0.15, 0.2) is 47.4 Å². The van der Waals surface area contributed by atoms with Crippen LogP contribution >= 0.6 is 11.8 Å². The number of methoxy groups -OCH3 is 2. The summed E-state index contributed by atoms with van der Waals surface area (Å²) in [6.07, 6.45) is 1.56. The van der Waals surface area contributed by atoms with E-state index in [2.05, 4.69) is 5.32 Å². The normalized spacial score (nSPS) is 14.8. The van der Waals surface area contributed by atoms with Gasteiger partial charge in [-0.15, -0.1) is 0 Å². The van der Waals surface area contributed by atoms with Gasteiger partial charge in [-0.2, -0.15) is 0 Å². The smallest absolute Gasteiger partial charge is 0.343 e. The third kappa shape index (κ3) is 4.29. The lowest BCUT2D eigenvalue weighted by molar-refractivity contribution is -0.115. The third-order valence-corrected chi connectivity index (χ3v) is 4.47. The molecule has 1 aliphatic heterocycles. The predicted molar refractivity (Wildman–Crippen MR) is 100 cm³/mol. The number of esters is 1. The molecule has 7 nitrogen and oxygen atoms in total. The van der Waals surface area contributed by atoms with Crippen LogP contribution in [0.25, 0.3) is 6.08 Å². The summed E-state index contributed by atoms with van der Waals surface area (Å²) in [7, 11) is 2.98. The Kier molecular flexibility index (Phi) is 5.46. The highest BCUT2D eigenvalue weighted by atomic mass is 32.2. The number of carbonyl (C=O) groups is 3. The predicted octanol–water partition coefficient (Wildman–Crippen LogP) is 3.25. The Bertz CT molecular complexity index is 936. The molecular formula is C19H15NO6S. The summed E-state index contributed by atoms with van der Waals surface area (Å²) in [5, 5.41) is 1.77. The number of nitrogens with one attached hydrogen (secondary N) is 1. The van der Waals surface area contributed by atoms with Crippen molar-refractivity contribution in [2.75, 3.05) is 14.2 Å². The summed E-state index contributed by atoms with van der Waals surface area (Å²) in [6.45, 7) is 0. The van der Waals surface area contributed by atoms with Crippen LogP contribution in [0.4, 0.5) is 4.79 Å². The van der Waals surface area contributed by atoms with Gasteiger partial charge in [0.15, 0.2) is 11.5 Å². The molecule has 2 amide bonds. The van der Waals surface area contributed by atoms with Gasteiger partial charge in [0.1, 0.15) is 5.75 Å². The van der Waals surface area contributed by atoms with Gasteiger partial charge in [0.05, 0.1) is 24.7 Å². The summed E-state index contributed by atoms with van der Waals surface area (Å²) in [5.74, 6) is 0.201. The van der Waals surface area contributed by atoms with Gasteiger partial charge in [-0.05, 0) is 59.8 Å². The molecule has 0 aromatic heterocycles. The molecule has 1 heterocycles. The van der Waals surface area contributed by atoms with Gasteiger partial charge in [0, 0.05) is 0 Å². The monoisotopic (exact) mass is 385 g/mol. The minimum absolute atomic E-state index is 0.236. The molecule has 0 radical (unpaired) electrons. The molecule has 0 spiro atoms. The van der Waals surface area contributed by atoms with Gasteiger partial charge in [-0.3, -0.25) is 14.9 Å². The number of rotatable bonds is 5. The Balaban J connectivity index is 1.80. The Hall–Kier alpha value is -3.26. The standard InChI is InChI=1S/C19H15NO6S/c1-24-13-6-4-12(5-7-13)18(22)26-14-8-3-11(9-15(14)25-2)10-16-17(21)20-19(23)27-16/h3-10H,1-2H3,(H,20,21,23)/b16-10-. The highest BCUT2D eigenvalue weighted by Crippen LogP contribution is 2.32. The summed E-state index contributed by atoms with van der Waals surface area (Å²) in [5.41, 5.74) is 0.991. The van der Waals surface area contributed by atoms with Crippen LogP contribution in [0.1, 0.15) is 15.9 Å². The molecule has 2 aromatic rings. The highest BCUT2D eigenvalue weighted by molar-refractivity contribution is 8.18. The van der Waals surface area contributed by atoms with Gasteiger partial charge in [0.2, 0.25) is 0 Å². The summed E-state index contributed by atoms with van der Waals surface area (Å²) in [4.78, 5) is 35.4. The van der Waals surface area contributed by atoms with Gasteiger partial charge in [-0.1, -0.05) is 6.07 Å². The molecule has 1 N–H and O–H groups in total. The number of ether oxygens (including phenoxy) is 3.